The topological polar surface area (TPSA) is 69.2 Å². The van der Waals surface area contributed by atoms with E-state index in [4.69, 9.17) is 0 Å². The molecule has 112 valence electrons. The van der Waals surface area contributed by atoms with Crippen molar-refractivity contribution in [2.45, 2.75) is 78.2 Å². The number of aliphatic carboxylic acids is 1. The predicted molar refractivity (Wildman–Crippen MR) is 74.4 cm³/mol. The number of hydrogen-bond donors (Lipinski definition) is 1. The van der Waals surface area contributed by atoms with Crippen LogP contribution in [0.1, 0.15) is 72.1 Å². The van der Waals surface area contributed by atoms with Crippen molar-refractivity contribution < 1.29 is 44.3 Å². The molecule has 4 nitrogen and oxygen atoms in total. The van der Waals surface area contributed by atoms with Crippen molar-refractivity contribution >= 4 is 11.9 Å². The molecule has 0 fully saturated rings. The van der Waals surface area contributed by atoms with Gasteiger partial charge in [-0.05, 0) is 13.3 Å². The molecule has 1 unspecified atom stereocenters. The summed E-state index contributed by atoms with van der Waals surface area (Å²) >= 11 is 0. The molecule has 0 aromatic carbocycles. The van der Waals surface area contributed by atoms with Crippen molar-refractivity contribution in [3.63, 3.8) is 0 Å². The maximum absolute atomic E-state index is 11.7. The van der Waals surface area contributed by atoms with Crippen LogP contribution >= 0.6 is 0 Å². The maximum Gasteiger partial charge on any atom is 1.00 e. The van der Waals surface area contributed by atoms with Crippen LogP contribution in [0.25, 0.3) is 0 Å². The summed E-state index contributed by atoms with van der Waals surface area (Å²) in [5.41, 5.74) is 0. The van der Waals surface area contributed by atoms with Gasteiger partial charge in [-0.1, -0.05) is 58.8 Å². The normalized spacial score (nSPS) is 13.2. The molecule has 1 amide bonds. The van der Waals surface area contributed by atoms with Gasteiger partial charge in [-0.3, -0.25) is 4.79 Å². The molecule has 1 N–H and O–H groups in total. The van der Waals surface area contributed by atoms with E-state index in [1.54, 1.807) is 0 Å². The molecule has 0 aromatic rings. The monoisotopic (exact) mass is 293 g/mol. The number of carboxylic acids is 1. The van der Waals surface area contributed by atoms with Crippen LogP contribution in [0.4, 0.5) is 0 Å². The Bertz CT molecular complexity index is 272. The Morgan fingerprint density at radius 3 is 2.00 bits per heavy atom. The summed E-state index contributed by atoms with van der Waals surface area (Å²) in [6.45, 7) is 5.47. The summed E-state index contributed by atoms with van der Waals surface area (Å²) in [5.74, 6) is -1.56. The van der Waals surface area contributed by atoms with Gasteiger partial charge in [-0.25, -0.2) is 0 Å². The van der Waals surface area contributed by atoms with Crippen molar-refractivity contribution in [1.82, 2.24) is 5.32 Å². The first-order valence-corrected chi connectivity index (χ1v) is 7.50. The summed E-state index contributed by atoms with van der Waals surface area (Å²) in [7, 11) is 0. The molecule has 0 spiro atoms. The summed E-state index contributed by atoms with van der Waals surface area (Å²) in [4.78, 5) is 22.2. The minimum absolute atomic E-state index is 0. The standard InChI is InChI=1S/C15H29NO3.Na/c1-4-5-6-7-8-9-10-11-12(2)14(17)16-13(3)15(18)19;/h12-13H,4-11H2,1-3H3,(H,16,17)(H,18,19);/q;+1/p-1/t12?,13-;/m1./s1. The second-order valence-corrected chi connectivity index (χ2v) is 5.36. The molecule has 5 heteroatoms. The quantitative estimate of drug-likeness (QED) is 0.393. The Morgan fingerprint density at radius 2 is 1.50 bits per heavy atom. The van der Waals surface area contributed by atoms with E-state index in [1.807, 2.05) is 6.92 Å². The molecule has 0 aromatic heterocycles. The van der Waals surface area contributed by atoms with Gasteiger partial charge in [0.2, 0.25) is 5.91 Å². The van der Waals surface area contributed by atoms with E-state index in [1.165, 1.54) is 39.0 Å². The average molecular weight is 293 g/mol. The Morgan fingerprint density at radius 1 is 1.00 bits per heavy atom. The van der Waals surface area contributed by atoms with Crippen molar-refractivity contribution in [2.75, 3.05) is 0 Å². The third kappa shape index (κ3) is 11.7. The number of nitrogens with one attached hydrogen (secondary N) is 1. The van der Waals surface area contributed by atoms with Crippen LogP contribution in [0.2, 0.25) is 0 Å². The molecule has 20 heavy (non-hydrogen) atoms. The Labute approximate surface area is 145 Å². The second kappa shape index (κ2) is 13.9. The van der Waals surface area contributed by atoms with E-state index in [2.05, 4.69) is 12.2 Å². The number of unbranched alkanes of at least 4 members (excludes halogenated alkanes) is 6. The molecule has 0 radical (unpaired) electrons. The van der Waals surface area contributed by atoms with Gasteiger partial charge >= 0.3 is 29.6 Å². The number of amides is 1. The predicted octanol–water partition coefficient (Wildman–Crippen LogP) is -0.978. The van der Waals surface area contributed by atoms with E-state index in [0.29, 0.717) is 0 Å². The number of hydrogen-bond acceptors (Lipinski definition) is 3. The largest absolute Gasteiger partial charge is 1.00 e. The van der Waals surface area contributed by atoms with Gasteiger partial charge in [0.05, 0.1) is 12.0 Å². The summed E-state index contributed by atoms with van der Waals surface area (Å²) < 4.78 is 0. The van der Waals surface area contributed by atoms with Crippen LogP contribution in [0.3, 0.4) is 0 Å². The fourth-order valence-corrected chi connectivity index (χ4v) is 1.95. The Balaban J connectivity index is 0. The Kier molecular flexibility index (Phi) is 15.4. The number of carboxylic acid groups (broad SMARTS) is 1. The molecule has 0 aliphatic carbocycles. The summed E-state index contributed by atoms with van der Waals surface area (Å²) in [6.07, 6.45) is 9.36. The van der Waals surface area contributed by atoms with Gasteiger partial charge in [-0.15, -0.1) is 0 Å². The van der Waals surface area contributed by atoms with Crippen molar-refractivity contribution in [3.8, 4) is 0 Å². The molecule has 0 rings (SSSR count). The first-order valence-electron chi connectivity index (χ1n) is 7.50. The van der Waals surface area contributed by atoms with Crippen LogP contribution in [0, 0.1) is 5.92 Å². The summed E-state index contributed by atoms with van der Waals surface area (Å²) in [6, 6.07) is -0.913. The van der Waals surface area contributed by atoms with Crippen LogP contribution in [-0.4, -0.2) is 17.9 Å². The zero-order valence-corrected chi connectivity index (χ0v) is 15.5. The zero-order chi connectivity index (χ0) is 14.7. The maximum atomic E-state index is 11.7. The fourth-order valence-electron chi connectivity index (χ4n) is 1.95. The van der Waals surface area contributed by atoms with Crippen LogP contribution < -0.4 is 40.0 Å². The number of carbonyl (C=O) groups excluding carboxylic acids is 2. The molecule has 2 atom stereocenters. The molecule has 0 bridgehead atoms. The third-order valence-corrected chi connectivity index (χ3v) is 3.40. The van der Waals surface area contributed by atoms with Gasteiger partial charge in [0, 0.05) is 5.92 Å². The van der Waals surface area contributed by atoms with Crippen LogP contribution in [0.5, 0.6) is 0 Å². The molecule has 0 aliphatic heterocycles. The van der Waals surface area contributed by atoms with Crippen molar-refractivity contribution in [2.24, 2.45) is 5.92 Å². The average Bonchev–Trinajstić information content (AvgIpc) is 2.37. The molecule has 0 heterocycles. The van der Waals surface area contributed by atoms with Crippen molar-refractivity contribution in [3.05, 3.63) is 0 Å². The number of rotatable bonds is 11. The second-order valence-electron chi connectivity index (χ2n) is 5.36. The SMILES string of the molecule is CCCCCCCCCC(C)C(=O)N[C@H](C)C(=O)[O-].[Na+]. The van der Waals surface area contributed by atoms with E-state index < -0.39 is 12.0 Å². The molecule has 0 aliphatic rings. The van der Waals surface area contributed by atoms with E-state index in [9.17, 15) is 14.7 Å². The molecule has 0 saturated carbocycles. The smallest absolute Gasteiger partial charge is 0.548 e. The van der Waals surface area contributed by atoms with Crippen LogP contribution in [0.15, 0.2) is 0 Å². The van der Waals surface area contributed by atoms with Gasteiger partial charge in [0.15, 0.2) is 0 Å². The Hall–Kier alpha value is -0.0600. The molecule has 0 saturated heterocycles. The minimum Gasteiger partial charge on any atom is -0.548 e. The first-order chi connectivity index (χ1) is 8.99. The molecular formula is C15H28NNaO3. The number of carbonyl (C=O) groups is 2. The van der Waals surface area contributed by atoms with Gasteiger partial charge in [0.1, 0.15) is 0 Å². The van der Waals surface area contributed by atoms with E-state index in [-0.39, 0.29) is 41.4 Å². The minimum atomic E-state index is -1.24. The van der Waals surface area contributed by atoms with Crippen molar-refractivity contribution in [1.29, 1.82) is 0 Å². The van der Waals surface area contributed by atoms with Gasteiger partial charge < -0.3 is 15.2 Å². The van der Waals surface area contributed by atoms with Crippen LogP contribution in [-0.2, 0) is 9.59 Å². The van der Waals surface area contributed by atoms with E-state index >= 15 is 0 Å². The van der Waals surface area contributed by atoms with Gasteiger partial charge in [0.25, 0.3) is 0 Å². The zero-order valence-electron chi connectivity index (χ0n) is 13.5. The summed E-state index contributed by atoms with van der Waals surface area (Å²) in [5, 5.41) is 13.0. The molecular weight excluding hydrogens is 265 g/mol. The van der Waals surface area contributed by atoms with E-state index in [0.717, 1.165) is 19.3 Å². The van der Waals surface area contributed by atoms with Gasteiger partial charge in [-0.2, -0.15) is 0 Å². The third-order valence-electron chi connectivity index (χ3n) is 3.40. The fraction of sp³-hybridized carbons (Fsp3) is 0.867. The first kappa shape index (κ1) is 22.2.